The SMILES string of the molecule is CCc1cc(C(=O)N2C[C@@H](CN3CCCN(C)CC3)[C@@H](CO)C2)no1. The van der Waals surface area contributed by atoms with Gasteiger partial charge in [0, 0.05) is 57.7 Å². The number of carbonyl (C=O) groups is 1. The first kappa shape index (κ1) is 18.4. The first-order valence-corrected chi connectivity index (χ1v) is 9.37. The summed E-state index contributed by atoms with van der Waals surface area (Å²) < 4.78 is 5.16. The van der Waals surface area contributed by atoms with Crippen molar-refractivity contribution in [3.05, 3.63) is 17.5 Å². The Morgan fingerprint density at radius 2 is 2.08 bits per heavy atom. The van der Waals surface area contributed by atoms with Gasteiger partial charge in [-0.15, -0.1) is 0 Å². The fourth-order valence-electron chi connectivity index (χ4n) is 3.87. The summed E-state index contributed by atoms with van der Waals surface area (Å²) in [5.74, 6) is 1.10. The summed E-state index contributed by atoms with van der Waals surface area (Å²) in [6.45, 7) is 8.70. The molecule has 25 heavy (non-hydrogen) atoms. The van der Waals surface area contributed by atoms with Gasteiger partial charge in [-0.3, -0.25) is 4.79 Å². The van der Waals surface area contributed by atoms with E-state index in [1.54, 1.807) is 6.07 Å². The van der Waals surface area contributed by atoms with Crippen LogP contribution in [0.2, 0.25) is 0 Å². The lowest BCUT2D eigenvalue weighted by molar-refractivity contribution is 0.0768. The third-order valence-corrected chi connectivity index (χ3v) is 5.53. The molecule has 2 fully saturated rings. The maximum Gasteiger partial charge on any atom is 0.276 e. The molecule has 0 spiro atoms. The number of likely N-dealkylation sites (tertiary alicyclic amines) is 1. The van der Waals surface area contributed by atoms with Gasteiger partial charge in [0.25, 0.3) is 5.91 Å². The van der Waals surface area contributed by atoms with Crippen LogP contribution < -0.4 is 0 Å². The van der Waals surface area contributed by atoms with Crippen LogP contribution >= 0.6 is 0 Å². The standard InChI is InChI=1S/C18H30N4O3/c1-3-16-9-17(19-25-16)18(24)22-11-14(15(12-22)13-23)10-21-6-4-5-20(2)7-8-21/h9,14-15,23H,3-8,10-13H2,1-2H3/t14-,15-/m1/s1. The number of carbonyl (C=O) groups excluding carboxylic acids is 1. The number of amides is 1. The second-order valence-corrected chi connectivity index (χ2v) is 7.40. The molecule has 2 saturated heterocycles. The molecule has 2 atom stereocenters. The first-order valence-electron chi connectivity index (χ1n) is 9.37. The molecule has 7 heteroatoms. The van der Waals surface area contributed by atoms with Crippen LogP contribution in [0.5, 0.6) is 0 Å². The Morgan fingerprint density at radius 1 is 1.28 bits per heavy atom. The third kappa shape index (κ3) is 4.40. The van der Waals surface area contributed by atoms with Gasteiger partial charge in [-0.1, -0.05) is 12.1 Å². The average molecular weight is 350 g/mol. The monoisotopic (exact) mass is 350 g/mol. The van der Waals surface area contributed by atoms with Gasteiger partial charge < -0.3 is 24.3 Å². The summed E-state index contributed by atoms with van der Waals surface area (Å²) >= 11 is 0. The van der Waals surface area contributed by atoms with Crippen molar-refractivity contribution < 1.29 is 14.4 Å². The quantitative estimate of drug-likeness (QED) is 0.836. The maximum absolute atomic E-state index is 12.7. The lowest BCUT2D eigenvalue weighted by Crippen LogP contribution is -2.36. The molecule has 1 N–H and O–H groups in total. The minimum absolute atomic E-state index is 0.0833. The minimum atomic E-state index is -0.0833. The van der Waals surface area contributed by atoms with Crippen LogP contribution in [0.4, 0.5) is 0 Å². The first-order chi connectivity index (χ1) is 12.1. The van der Waals surface area contributed by atoms with Gasteiger partial charge in [-0.05, 0) is 32.5 Å². The zero-order valence-corrected chi connectivity index (χ0v) is 15.4. The van der Waals surface area contributed by atoms with Crippen molar-refractivity contribution in [1.82, 2.24) is 19.9 Å². The van der Waals surface area contributed by atoms with Crippen LogP contribution in [0.3, 0.4) is 0 Å². The van der Waals surface area contributed by atoms with Crippen molar-refractivity contribution in [3.63, 3.8) is 0 Å². The van der Waals surface area contributed by atoms with Gasteiger partial charge in [0.05, 0.1) is 0 Å². The van der Waals surface area contributed by atoms with E-state index < -0.39 is 0 Å². The fourth-order valence-corrected chi connectivity index (χ4v) is 3.87. The topological polar surface area (TPSA) is 73.1 Å². The predicted molar refractivity (Wildman–Crippen MR) is 94.4 cm³/mol. The number of hydrogen-bond donors (Lipinski definition) is 1. The summed E-state index contributed by atoms with van der Waals surface area (Å²) in [4.78, 5) is 19.3. The largest absolute Gasteiger partial charge is 0.396 e. The molecule has 0 bridgehead atoms. The number of likely N-dealkylation sites (N-methyl/N-ethyl adjacent to an activating group) is 1. The van der Waals surface area contributed by atoms with Gasteiger partial charge in [0.2, 0.25) is 0 Å². The number of nitrogens with zero attached hydrogens (tertiary/aromatic N) is 4. The molecule has 0 saturated carbocycles. The van der Waals surface area contributed by atoms with Crippen LogP contribution in [0.1, 0.15) is 29.6 Å². The van der Waals surface area contributed by atoms with Crippen LogP contribution in [0.25, 0.3) is 0 Å². The van der Waals surface area contributed by atoms with E-state index in [9.17, 15) is 9.90 Å². The zero-order chi connectivity index (χ0) is 17.8. The van der Waals surface area contributed by atoms with Crippen molar-refractivity contribution in [3.8, 4) is 0 Å². The van der Waals surface area contributed by atoms with Crippen LogP contribution in [-0.4, -0.2) is 90.3 Å². The minimum Gasteiger partial charge on any atom is -0.396 e. The Balaban J connectivity index is 1.60. The second kappa shape index (κ2) is 8.29. The van der Waals surface area contributed by atoms with Gasteiger partial charge in [-0.25, -0.2) is 0 Å². The molecule has 2 aliphatic rings. The van der Waals surface area contributed by atoms with Crippen molar-refractivity contribution in [2.75, 3.05) is 59.5 Å². The molecule has 7 nitrogen and oxygen atoms in total. The van der Waals surface area contributed by atoms with Crippen molar-refractivity contribution >= 4 is 5.91 Å². The number of aliphatic hydroxyl groups is 1. The molecule has 140 valence electrons. The molecule has 3 rings (SSSR count). The van der Waals surface area contributed by atoms with E-state index in [4.69, 9.17) is 4.52 Å². The number of aromatic nitrogens is 1. The van der Waals surface area contributed by atoms with Gasteiger partial charge in [0.1, 0.15) is 5.76 Å². The second-order valence-electron chi connectivity index (χ2n) is 7.40. The van der Waals surface area contributed by atoms with E-state index in [2.05, 4.69) is 22.0 Å². The van der Waals surface area contributed by atoms with Crippen molar-refractivity contribution in [2.24, 2.45) is 11.8 Å². The lowest BCUT2D eigenvalue weighted by Gasteiger charge is -2.26. The van der Waals surface area contributed by atoms with E-state index >= 15 is 0 Å². The molecule has 0 aromatic carbocycles. The Hall–Kier alpha value is -1.44. The molecule has 1 aromatic rings. The lowest BCUT2D eigenvalue weighted by atomic mass is 9.96. The van der Waals surface area contributed by atoms with Gasteiger partial charge in [-0.2, -0.15) is 0 Å². The molecular formula is C18H30N4O3. The van der Waals surface area contributed by atoms with E-state index in [0.29, 0.717) is 24.7 Å². The molecule has 1 amide bonds. The average Bonchev–Trinajstić information content (AvgIpc) is 3.20. The molecular weight excluding hydrogens is 320 g/mol. The van der Waals surface area contributed by atoms with E-state index in [1.807, 2.05) is 11.8 Å². The highest BCUT2D eigenvalue weighted by molar-refractivity contribution is 5.92. The fraction of sp³-hybridized carbons (Fsp3) is 0.778. The Kier molecular flexibility index (Phi) is 6.09. The van der Waals surface area contributed by atoms with Crippen LogP contribution in [0.15, 0.2) is 10.6 Å². The Bertz CT molecular complexity index is 576. The van der Waals surface area contributed by atoms with E-state index in [1.165, 1.54) is 6.42 Å². The Labute approximate surface area is 149 Å². The summed E-state index contributed by atoms with van der Waals surface area (Å²) in [7, 11) is 2.17. The van der Waals surface area contributed by atoms with E-state index in [0.717, 1.165) is 44.9 Å². The molecule has 3 heterocycles. The van der Waals surface area contributed by atoms with Gasteiger partial charge >= 0.3 is 0 Å². The predicted octanol–water partition coefficient (Wildman–Crippen LogP) is 0.555. The molecule has 0 radical (unpaired) electrons. The van der Waals surface area contributed by atoms with Gasteiger partial charge in [0.15, 0.2) is 5.69 Å². The smallest absolute Gasteiger partial charge is 0.276 e. The molecule has 0 unspecified atom stereocenters. The number of hydrogen-bond acceptors (Lipinski definition) is 6. The van der Waals surface area contributed by atoms with Crippen molar-refractivity contribution in [2.45, 2.75) is 19.8 Å². The Morgan fingerprint density at radius 3 is 2.80 bits per heavy atom. The van der Waals surface area contributed by atoms with E-state index in [-0.39, 0.29) is 18.4 Å². The summed E-state index contributed by atoms with van der Waals surface area (Å²) in [6, 6.07) is 1.73. The number of aliphatic hydroxyl groups excluding tert-OH is 1. The summed E-state index contributed by atoms with van der Waals surface area (Å²) in [5.41, 5.74) is 0.380. The van der Waals surface area contributed by atoms with Crippen LogP contribution in [-0.2, 0) is 6.42 Å². The summed E-state index contributed by atoms with van der Waals surface area (Å²) in [5, 5.41) is 13.7. The molecule has 1 aromatic heterocycles. The highest BCUT2D eigenvalue weighted by Gasteiger charge is 2.37. The van der Waals surface area contributed by atoms with Crippen LogP contribution in [0, 0.1) is 11.8 Å². The third-order valence-electron chi connectivity index (χ3n) is 5.53. The zero-order valence-electron chi connectivity index (χ0n) is 15.4. The highest BCUT2D eigenvalue weighted by Crippen LogP contribution is 2.26. The number of aryl methyl sites for hydroxylation is 1. The molecule has 0 aliphatic carbocycles. The maximum atomic E-state index is 12.7. The normalized spacial score (nSPS) is 26.1. The highest BCUT2D eigenvalue weighted by atomic mass is 16.5. The number of rotatable bonds is 5. The van der Waals surface area contributed by atoms with Crippen molar-refractivity contribution in [1.29, 1.82) is 0 Å². The summed E-state index contributed by atoms with van der Waals surface area (Å²) in [6.07, 6.45) is 1.90. The molecule has 2 aliphatic heterocycles.